The molecule has 0 aliphatic carbocycles. The van der Waals surface area contributed by atoms with E-state index in [9.17, 15) is 9.90 Å². The number of aryl methyl sites for hydroxylation is 1. The number of nitrogens with one attached hydrogen (secondary N) is 1. The number of aldehydes is 1. The minimum Gasteiger partial charge on any atom is -0.508 e. The molecule has 0 aliphatic heterocycles. The topological polar surface area (TPSA) is 53.1 Å². The standard InChI is InChI=1S/C13H13NO2/c1-2-10-7-12(13(8-15)14-10)9-3-5-11(16)6-4-9/h3-8,14,16H,2H2,1H3. The van der Waals surface area contributed by atoms with E-state index in [2.05, 4.69) is 4.98 Å². The Morgan fingerprint density at radius 2 is 2.00 bits per heavy atom. The number of aromatic amines is 1. The van der Waals surface area contributed by atoms with E-state index in [1.807, 2.05) is 13.0 Å². The molecule has 0 fully saturated rings. The minimum atomic E-state index is 0.225. The van der Waals surface area contributed by atoms with E-state index >= 15 is 0 Å². The summed E-state index contributed by atoms with van der Waals surface area (Å²) in [5, 5.41) is 9.20. The van der Waals surface area contributed by atoms with Crippen LogP contribution in [0.2, 0.25) is 0 Å². The summed E-state index contributed by atoms with van der Waals surface area (Å²) in [6.07, 6.45) is 1.68. The molecule has 0 unspecified atom stereocenters. The highest BCUT2D eigenvalue weighted by Gasteiger charge is 2.08. The molecule has 1 heterocycles. The van der Waals surface area contributed by atoms with Gasteiger partial charge in [0.05, 0.1) is 5.69 Å². The van der Waals surface area contributed by atoms with E-state index in [1.54, 1.807) is 24.3 Å². The molecule has 0 aliphatic rings. The average molecular weight is 215 g/mol. The van der Waals surface area contributed by atoms with Gasteiger partial charge in [-0.1, -0.05) is 19.1 Å². The van der Waals surface area contributed by atoms with Crippen molar-refractivity contribution in [3.05, 3.63) is 41.7 Å². The van der Waals surface area contributed by atoms with Crippen LogP contribution >= 0.6 is 0 Å². The molecule has 0 bridgehead atoms. The predicted octanol–water partition coefficient (Wildman–Crippen LogP) is 2.76. The Balaban J connectivity index is 2.49. The van der Waals surface area contributed by atoms with Gasteiger partial charge in [-0.3, -0.25) is 4.79 Å². The van der Waals surface area contributed by atoms with Gasteiger partial charge in [0.1, 0.15) is 5.75 Å². The van der Waals surface area contributed by atoms with Gasteiger partial charge in [0.15, 0.2) is 6.29 Å². The number of rotatable bonds is 3. The van der Waals surface area contributed by atoms with Crippen LogP contribution in [0.3, 0.4) is 0 Å². The molecule has 1 aromatic heterocycles. The van der Waals surface area contributed by atoms with Crippen LogP contribution < -0.4 is 0 Å². The summed E-state index contributed by atoms with van der Waals surface area (Å²) < 4.78 is 0. The Bertz CT molecular complexity index is 497. The van der Waals surface area contributed by atoms with Gasteiger partial charge in [0.25, 0.3) is 0 Å². The van der Waals surface area contributed by atoms with E-state index in [0.717, 1.165) is 29.5 Å². The predicted molar refractivity (Wildman–Crippen MR) is 62.7 cm³/mol. The number of aromatic nitrogens is 1. The van der Waals surface area contributed by atoms with Crippen molar-refractivity contribution in [2.24, 2.45) is 0 Å². The lowest BCUT2D eigenvalue weighted by atomic mass is 10.1. The van der Waals surface area contributed by atoms with Gasteiger partial charge in [0, 0.05) is 11.3 Å². The summed E-state index contributed by atoms with van der Waals surface area (Å²) in [6.45, 7) is 2.03. The lowest BCUT2D eigenvalue weighted by Crippen LogP contribution is -1.84. The molecule has 0 spiro atoms. The number of H-pyrrole nitrogens is 1. The van der Waals surface area contributed by atoms with Crippen molar-refractivity contribution in [2.45, 2.75) is 13.3 Å². The van der Waals surface area contributed by atoms with Crippen LogP contribution in [0.25, 0.3) is 11.1 Å². The summed E-state index contributed by atoms with van der Waals surface area (Å²) in [4.78, 5) is 14.0. The molecule has 0 amide bonds. The van der Waals surface area contributed by atoms with Crippen molar-refractivity contribution in [3.8, 4) is 16.9 Å². The van der Waals surface area contributed by atoms with Gasteiger partial charge in [-0.2, -0.15) is 0 Å². The number of aromatic hydroxyl groups is 1. The molecule has 3 nitrogen and oxygen atoms in total. The first-order valence-corrected chi connectivity index (χ1v) is 5.21. The lowest BCUT2D eigenvalue weighted by molar-refractivity contribution is 0.112. The minimum absolute atomic E-state index is 0.225. The van der Waals surface area contributed by atoms with Crippen LogP contribution in [0.1, 0.15) is 23.1 Å². The molecule has 3 heteroatoms. The summed E-state index contributed by atoms with van der Waals surface area (Å²) >= 11 is 0. The number of benzene rings is 1. The van der Waals surface area contributed by atoms with E-state index < -0.39 is 0 Å². The zero-order chi connectivity index (χ0) is 11.5. The van der Waals surface area contributed by atoms with Crippen molar-refractivity contribution < 1.29 is 9.90 Å². The molecule has 2 rings (SSSR count). The molecular weight excluding hydrogens is 202 g/mol. The van der Waals surface area contributed by atoms with Crippen LogP contribution in [0, 0.1) is 0 Å². The van der Waals surface area contributed by atoms with Crippen molar-refractivity contribution in [1.29, 1.82) is 0 Å². The molecule has 82 valence electrons. The van der Waals surface area contributed by atoms with Crippen molar-refractivity contribution in [3.63, 3.8) is 0 Å². The lowest BCUT2D eigenvalue weighted by Gasteiger charge is -1.99. The second kappa shape index (κ2) is 4.23. The van der Waals surface area contributed by atoms with Crippen molar-refractivity contribution >= 4 is 6.29 Å². The third kappa shape index (κ3) is 1.84. The smallest absolute Gasteiger partial charge is 0.166 e. The molecule has 2 aromatic rings. The van der Waals surface area contributed by atoms with Gasteiger partial charge in [-0.15, -0.1) is 0 Å². The van der Waals surface area contributed by atoms with Crippen LogP contribution in [-0.2, 0) is 6.42 Å². The number of phenolic OH excluding ortho intramolecular Hbond substituents is 1. The van der Waals surface area contributed by atoms with Crippen LogP contribution in [0.4, 0.5) is 0 Å². The second-order valence-corrected chi connectivity index (χ2v) is 3.64. The summed E-state index contributed by atoms with van der Waals surface area (Å²) in [6, 6.07) is 8.79. The normalized spacial score (nSPS) is 10.3. The number of hydrogen-bond donors (Lipinski definition) is 2. The highest BCUT2D eigenvalue weighted by Crippen LogP contribution is 2.25. The Labute approximate surface area is 93.7 Å². The summed E-state index contributed by atoms with van der Waals surface area (Å²) in [5.74, 6) is 0.225. The fraction of sp³-hybridized carbons (Fsp3) is 0.154. The van der Waals surface area contributed by atoms with Crippen LogP contribution in [0.5, 0.6) is 5.75 Å². The molecule has 0 saturated heterocycles. The Hall–Kier alpha value is -2.03. The maximum absolute atomic E-state index is 10.9. The van der Waals surface area contributed by atoms with Crippen molar-refractivity contribution in [1.82, 2.24) is 4.98 Å². The largest absolute Gasteiger partial charge is 0.508 e. The quantitative estimate of drug-likeness (QED) is 0.773. The number of carbonyl (C=O) groups is 1. The highest BCUT2D eigenvalue weighted by molar-refractivity contribution is 5.86. The maximum atomic E-state index is 10.9. The molecule has 2 N–H and O–H groups in total. The Kier molecular flexibility index (Phi) is 2.77. The third-order valence-electron chi connectivity index (χ3n) is 2.58. The average Bonchev–Trinajstić information content (AvgIpc) is 2.73. The van der Waals surface area contributed by atoms with Crippen molar-refractivity contribution in [2.75, 3.05) is 0 Å². The zero-order valence-electron chi connectivity index (χ0n) is 9.03. The molecule has 0 saturated carbocycles. The fourth-order valence-corrected chi connectivity index (χ4v) is 1.69. The Morgan fingerprint density at radius 1 is 1.31 bits per heavy atom. The summed E-state index contributed by atoms with van der Waals surface area (Å²) in [7, 11) is 0. The van der Waals surface area contributed by atoms with Gasteiger partial charge in [-0.05, 0) is 30.2 Å². The van der Waals surface area contributed by atoms with E-state index in [4.69, 9.17) is 0 Å². The number of hydrogen-bond acceptors (Lipinski definition) is 2. The third-order valence-corrected chi connectivity index (χ3v) is 2.58. The second-order valence-electron chi connectivity index (χ2n) is 3.64. The van der Waals surface area contributed by atoms with E-state index in [1.165, 1.54) is 0 Å². The zero-order valence-corrected chi connectivity index (χ0v) is 9.03. The first kappa shape index (κ1) is 10.5. The van der Waals surface area contributed by atoms with E-state index in [-0.39, 0.29) is 5.75 Å². The number of carbonyl (C=O) groups excluding carboxylic acids is 1. The molecular formula is C13H13NO2. The van der Waals surface area contributed by atoms with Gasteiger partial charge >= 0.3 is 0 Å². The number of phenols is 1. The molecule has 1 aromatic carbocycles. The first-order chi connectivity index (χ1) is 7.74. The van der Waals surface area contributed by atoms with Crippen LogP contribution in [-0.4, -0.2) is 16.4 Å². The van der Waals surface area contributed by atoms with Crippen LogP contribution in [0.15, 0.2) is 30.3 Å². The highest BCUT2D eigenvalue weighted by atomic mass is 16.3. The molecule has 0 atom stereocenters. The maximum Gasteiger partial charge on any atom is 0.166 e. The SMILES string of the molecule is CCc1cc(-c2ccc(O)cc2)c(C=O)[nH]1. The first-order valence-electron chi connectivity index (χ1n) is 5.21. The van der Waals surface area contributed by atoms with E-state index in [0.29, 0.717) is 5.69 Å². The Morgan fingerprint density at radius 3 is 2.56 bits per heavy atom. The molecule has 0 radical (unpaired) electrons. The van der Waals surface area contributed by atoms with Gasteiger partial charge in [0.2, 0.25) is 0 Å². The summed E-state index contributed by atoms with van der Waals surface area (Å²) in [5.41, 5.74) is 3.43. The molecule has 16 heavy (non-hydrogen) atoms. The van der Waals surface area contributed by atoms with Gasteiger partial charge < -0.3 is 10.1 Å². The monoisotopic (exact) mass is 215 g/mol. The van der Waals surface area contributed by atoms with Gasteiger partial charge in [-0.25, -0.2) is 0 Å². The fourth-order valence-electron chi connectivity index (χ4n) is 1.69.